The normalized spacial score (nSPS) is 12.6. The minimum atomic E-state index is 0.616. The molecular weight excluding hydrogens is 298 g/mol. The van der Waals surface area contributed by atoms with Crippen molar-refractivity contribution in [3.63, 3.8) is 0 Å². The van der Waals surface area contributed by atoms with Crippen LogP contribution in [0.2, 0.25) is 0 Å². The second kappa shape index (κ2) is 10.4. The summed E-state index contributed by atoms with van der Waals surface area (Å²) >= 11 is 3.65. The van der Waals surface area contributed by atoms with Gasteiger partial charge in [0, 0.05) is 10.5 Å². The second-order valence-corrected chi connectivity index (χ2v) is 6.11. The fourth-order valence-electron chi connectivity index (χ4n) is 2.49. The lowest BCUT2D eigenvalue weighted by Crippen LogP contribution is -2.31. The van der Waals surface area contributed by atoms with Crippen LogP contribution in [0.4, 0.5) is 0 Å². The highest BCUT2D eigenvalue weighted by Crippen LogP contribution is 2.19. The van der Waals surface area contributed by atoms with Crippen molar-refractivity contribution in [2.45, 2.75) is 64.8 Å². The second-order valence-electron chi connectivity index (χ2n) is 5.25. The van der Waals surface area contributed by atoms with E-state index in [4.69, 9.17) is 0 Å². The number of halogens is 1. The molecule has 108 valence electrons. The first-order chi connectivity index (χ1) is 9.27. The molecule has 1 rings (SSSR count). The van der Waals surface area contributed by atoms with Crippen LogP contribution in [0.15, 0.2) is 28.7 Å². The first kappa shape index (κ1) is 16.7. The molecule has 0 spiro atoms. The highest BCUT2D eigenvalue weighted by Gasteiger charge is 2.09. The summed E-state index contributed by atoms with van der Waals surface area (Å²) in [6, 6.07) is 9.20. The summed E-state index contributed by atoms with van der Waals surface area (Å²) in [5.74, 6) is 0. The van der Waals surface area contributed by atoms with E-state index in [0.29, 0.717) is 6.04 Å². The van der Waals surface area contributed by atoms with Gasteiger partial charge >= 0.3 is 0 Å². The number of unbranched alkanes of at least 4 members (excludes halogenated alkanes) is 4. The molecule has 0 fully saturated rings. The van der Waals surface area contributed by atoms with Gasteiger partial charge in [-0.2, -0.15) is 0 Å². The lowest BCUT2D eigenvalue weighted by Gasteiger charge is -2.18. The highest BCUT2D eigenvalue weighted by molar-refractivity contribution is 9.10. The molecule has 1 aromatic rings. The van der Waals surface area contributed by atoms with E-state index in [1.54, 1.807) is 0 Å². The maximum atomic E-state index is 3.65. The molecule has 0 radical (unpaired) electrons. The van der Waals surface area contributed by atoms with Crippen molar-refractivity contribution in [3.8, 4) is 0 Å². The average molecular weight is 326 g/mol. The van der Waals surface area contributed by atoms with Crippen LogP contribution < -0.4 is 5.32 Å². The van der Waals surface area contributed by atoms with Crippen molar-refractivity contribution >= 4 is 15.9 Å². The van der Waals surface area contributed by atoms with Gasteiger partial charge in [-0.05, 0) is 31.0 Å². The number of likely N-dealkylation sites (N-methyl/N-ethyl adjacent to an activating group) is 1. The zero-order chi connectivity index (χ0) is 13.9. The van der Waals surface area contributed by atoms with E-state index in [1.807, 2.05) is 0 Å². The van der Waals surface area contributed by atoms with Crippen LogP contribution in [-0.2, 0) is 6.42 Å². The minimum Gasteiger partial charge on any atom is -0.314 e. The van der Waals surface area contributed by atoms with E-state index >= 15 is 0 Å². The third-order valence-electron chi connectivity index (χ3n) is 3.57. The first-order valence-electron chi connectivity index (χ1n) is 7.74. The molecule has 0 aliphatic heterocycles. The van der Waals surface area contributed by atoms with Crippen LogP contribution in [0.3, 0.4) is 0 Å². The number of hydrogen-bond donors (Lipinski definition) is 1. The van der Waals surface area contributed by atoms with Crippen molar-refractivity contribution in [2.75, 3.05) is 6.54 Å². The Kier molecular flexibility index (Phi) is 9.19. The maximum Gasteiger partial charge on any atom is 0.0207 e. The third-order valence-corrected chi connectivity index (χ3v) is 4.35. The lowest BCUT2D eigenvalue weighted by atomic mass is 10.00. The van der Waals surface area contributed by atoms with Gasteiger partial charge in [-0.1, -0.05) is 80.1 Å². The number of hydrogen-bond acceptors (Lipinski definition) is 1. The van der Waals surface area contributed by atoms with Gasteiger partial charge in [0.25, 0.3) is 0 Å². The predicted octanol–water partition coefficient (Wildman–Crippen LogP) is 5.33. The summed E-state index contributed by atoms with van der Waals surface area (Å²) < 4.78 is 1.24. The Hall–Kier alpha value is -0.340. The Morgan fingerprint density at radius 2 is 1.79 bits per heavy atom. The van der Waals surface area contributed by atoms with Gasteiger partial charge in [-0.25, -0.2) is 0 Å². The first-order valence-corrected chi connectivity index (χ1v) is 8.54. The summed E-state index contributed by atoms with van der Waals surface area (Å²) in [7, 11) is 0. The van der Waals surface area contributed by atoms with Crippen molar-refractivity contribution < 1.29 is 0 Å². The Labute approximate surface area is 127 Å². The smallest absolute Gasteiger partial charge is 0.0207 e. The SMILES string of the molecule is CCCCCCCC(Cc1ccccc1Br)NCC. The Morgan fingerprint density at radius 3 is 2.47 bits per heavy atom. The Balaban J connectivity index is 2.37. The molecule has 0 aliphatic carbocycles. The molecule has 0 aliphatic rings. The van der Waals surface area contributed by atoms with Crippen LogP contribution in [0, 0.1) is 0 Å². The maximum absolute atomic E-state index is 3.65. The van der Waals surface area contributed by atoms with Gasteiger partial charge in [-0.3, -0.25) is 0 Å². The summed E-state index contributed by atoms with van der Waals surface area (Å²) in [4.78, 5) is 0. The molecule has 0 amide bonds. The summed E-state index contributed by atoms with van der Waals surface area (Å²) in [5, 5.41) is 3.63. The average Bonchev–Trinajstić information content (AvgIpc) is 2.41. The summed E-state index contributed by atoms with van der Waals surface area (Å²) in [6.07, 6.45) is 9.25. The van der Waals surface area contributed by atoms with Gasteiger partial charge in [0.05, 0.1) is 0 Å². The molecule has 1 aromatic carbocycles. The summed E-state index contributed by atoms with van der Waals surface area (Å²) in [5.41, 5.74) is 1.42. The molecule has 0 bridgehead atoms. The van der Waals surface area contributed by atoms with E-state index in [2.05, 4.69) is 59.4 Å². The van der Waals surface area contributed by atoms with Gasteiger partial charge in [-0.15, -0.1) is 0 Å². The molecule has 2 heteroatoms. The monoisotopic (exact) mass is 325 g/mol. The molecule has 0 aromatic heterocycles. The molecule has 1 nitrogen and oxygen atoms in total. The summed E-state index contributed by atoms with van der Waals surface area (Å²) in [6.45, 7) is 5.53. The third kappa shape index (κ3) is 7.12. The van der Waals surface area contributed by atoms with Crippen molar-refractivity contribution in [2.24, 2.45) is 0 Å². The van der Waals surface area contributed by atoms with Crippen LogP contribution in [0.1, 0.15) is 57.9 Å². The fraction of sp³-hybridized carbons (Fsp3) is 0.647. The number of rotatable bonds is 10. The van der Waals surface area contributed by atoms with Crippen molar-refractivity contribution in [1.82, 2.24) is 5.32 Å². The molecule has 0 saturated carbocycles. The number of benzene rings is 1. The largest absolute Gasteiger partial charge is 0.314 e. The van der Waals surface area contributed by atoms with Crippen LogP contribution in [0.25, 0.3) is 0 Å². The van der Waals surface area contributed by atoms with E-state index in [9.17, 15) is 0 Å². The van der Waals surface area contributed by atoms with Gasteiger partial charge in [0.2, 0.25) is 0 Å². The van der Waals surface area contributed by atoms with Crippen LogP contribution >= 0.6 is 15.9 Å². The molecule has 1 atom stereocenters. The van der Waals surface area contributed by atoms with E-state index in [-0.39, 0.29) is 0 Å². The Bertz CT molecular complexity index is 338. The van der Waals surface area contributed by atoms with Crippen molar-refractivity contribution in [3.05, 3.63) is 34.3 Å². The standard InChI is InChI=1S/C17H28BrN/c1-3-5-6-7-8-12-16(19-4-2)14-15-11-9-10-13-17(15)18/h9-11,13,16,19H,3-8,12,14H2,1-2H3. The quantitative estimate of drug-likeness (QED) is 0.573. The predicted molar refractivity (Wildman–Crippen MR) is 88.7 cm³/mol. The molecule has 0 saturated heterocycles. The van der Waals surface area contributed by atoms with Crippen LogP contribution in [-0.4, -0.2) is 12.6 Å². The highest BCUT2D eigenvalue weighted by atomic mass is 79.9. The molecule has 1 unspecified atom stereocenters. The molecule has 0 heterocycles. The van der Waals surface area contributed by atoms with E-state index in [1.165, 1.54) is 48.6 Å². The Morgan fingerprint density at radius 1 is 1.05 bits per heavy atom. The van der Waals surface area contributed by atoms with Crippen LogP contribution in [0.5, 0.6) is 0 Å². The van der Waals surface area contributed by atoms with Gasteiger partial charge in [0.1, 0.15) is 0 Å². The zero-order valence-corrected chi connectivity index (χ0v) is 14.0. The lowest BCUT2D eigenvalue weighted by molar-refractivity contribution is 0.460. The minimum absolute atomic E-state index is 0.616. The van der Waals surface area contributed by atoms with Gasteiger partial charge in [0.15, 0.2) is 0 Å². The van der Waals surface area contributed by atoms with E-state index < -0.39 is 0 Å². The zero-order valence-electron chi connectivity index (χ0n) is 12.4. The molecule has 19 heavy (non-hydrogen) atoms. The van der Waals surface area contributed by atoms with Crippen molar-refractivity contribution in [1.29, 1.82) is 0 Å². The molecular formula is C17H28BrN. The number of nitrogens with one attached hydrogen (secondary N) is 1. The van der Waals surface area contributed by atoms with Gasteiger partial charge < -0.3 is 5.32 Å². The molecule has 1 N–H and O–H groups in total. The fourth-order valence-corrected chi connectivity index (χ4v) is 2.94. The topological polar surface area (TPSA) is 12.0 Å². The van der Waals surface area contributed by atoms with E-state index in [0.717, 1.165) is 13.0 Å².